The van der Waals surface area contributed by atoms with Gasteiger partial charge in [0.15, 0.2) is 0 Å². The van der Waals surface area contributed by atoms with Gasteiger partial charge < -0.3 is 16.2 Å². The highest BCUT2D eigenvalue weighted by atomic mass is 16.2. The van der Waals surface area contributed by atoms with Crippen LogP contribution in [0.15, 0.2) is 18.5 Å². The molecule has 0 unspecified atom stereocenters. The number of aromatic nitrogens is 1. The third kappa shape index (κ3) is 6.54. The number of nitrogens with two attached hydrogens (primary N) is 1. The van der Waals surface area contributed by atoms with Gasteiger partial charge in [0.2, 0.25) is 5.91 Å². The van der Waals surface area contributed by atoms with E-state index in [-0.39, 0.29) is 18.4 Å². The van der Waals surface area contributed by atoms with Crippen molar-refractivity contribution in [3.05, 3.63) is 29.6 Å². The summed E-state index contributed by atoms with van der Waals surface area (Å²) in [6.07, 6.45) is 5.05. The molecule has 0 aromatic carbocycles. The monoisotopic (exact) mass is 289 g/mol. The minimum atomic E-state index is -0.336. The summed E-state index contributed by atoms with van der Waals surface area (Å²) in [4.78, 5) is 26.6. The SMILES string of the molecule is NC(=O)CCCCNC(=O)c1ccncc1C#CCCO. The molecule has 1 heterocycles. The summed E-state index contributed by atoms with van der Waals surface area (Å²) in [5.74, 6) is 5.01. The molecule has 0 aliphatic rings. The van der Waals surface area contributed by atoms with E-state index in [2.05, 4.69) is 22.1 Å². The van der Waals surface area contributed by atoms with Crippen molar-refractivity contribution >= 4 is 11.8 Å². The molecule has 0 bridgehead atoms. The molecule has 112 valence electrons. The molecule has 2 amide bonds. The maximum atomic E-state index is 12.0. The highest BCUT2D eigenvalue weighted by Crippen LogP contribution is 2.05. The fraction of sp³-hybridized carbons (Fsp3) is 0.400. The molecule has 0 fully saturated rings. The maximum absolute atomic E-state index is 12.0. The Morgan fingerprint density at radius 3 is 2.90 bits per heavy atom. The summed E-state index contributed by atoms with van der Waals surface area (Å²) in [6, 6.07) is 1.60. The number of primary amides is 1. The summed E-state index contributed by atoms with van der Waals surface area (Å²) in [5, 5.41) is 11.5. The molecule has 0 saturated heterocycles. The fourth-order valence-corrected chi connectivity index (χ4v) is 1.63. The Morgan fingerprint density at radius 1 is 1.38 bits per heavy atom. The Balaban J connectivity index is 2.54. The highest BCUT2D eigenvalue weighted by molar-refractivity contribution is 5.96. The molecule has 4 N–H and O–H groups in total. The van der Waals surface area contributed by atoms with Crippen LogP contribution in [-0.2, 0) is 4.79 Å². The number of hydrogen-bond acceptors (Lipinski definition) is 4. The third-order valence-electron chi connectivity index (χ3n) is 2.66. The van der Waals surface area contributed by atoms with Crippen molar-refractivity contribution in [2.45, 2.75) is 25.7 Å². The molecule has 0 aliphatic carbocycles. The van der Waals surface area contributed by atoms with Gasteiger partial charge in [-0.3, -0.25) is 14.6 Å². The zero-order valence-electron chi connectivity index (χ0n) is 11.8. The molecule has 1 rings (SSSR count). The summed E-state index contributed by atoms with van der Waals surface area (Å²) < 4.78 is 0. The number of unbranched alkanes of at least 4 members (excludes halogenated alkanes) is 1. The molecule has 0 radical (unpaired) electrons. The van der Waals surface area contributed by atoms with Gasteiger partial charge in [-0.1, -0.05) is 11.8 Å². The molecule has 1 aromatic heterocycles. The van der Waals surface area contributed by atoms with Crippen LogP contribution >= 0.6 is 0 Å². The number of carbonyl (C=O) groups is 2. The number of nitrogens with one attached hydrogen (secondary N) is 1. The van der Waals surface area contributed by atoms with E-state index in [9.17, 15) is 9.59 Å². The van der Waals surface area contributed by atoms with E-state index in [1.165, 1.54) is 12.4 Å². The lowest BCUT2D eigenvalue weighted by Gasteiger charge is -2.06. The normalized spacial score (nSPS) is 9.57. The number of nitrogens with zero attached hydrogens (tertiary/aromatic N) is 1. The Bertz CT molecular complexity index is 547. The molecule has 0 spiro atoms. The number of carbonyl (C=O) groups excluding carboxylic acids is 2. The van der Waals surface area contributed by atoms with Crippen molar-refractivity contribution in [1.29, 1.82) is 0 Å². The molecule has 6 heteroatoms. The zero-order valence-corrected chi connectivity index (χ0v) is 11.8. The number of rotatable bonds is 7. The van der Waals surface area contributed by atoms with Crippen LogP contribution in [0.1, 0.15) is 41.6 Å². The minimum Gasteiger partial charge on any atom is -0.395 e. The maximum Gasteiger partial charge on any atom is 0.252 e. The van der Waals surface area contributed by atoms with Crippen LogP contribution in [0.25, 0.3) is 0 Å². The predicted octanol–water partition coefficient (Wildman–Crippen LogP) is 0.201. The van der Waals surface area contributed by atoms with Gasteiger partial charge in [0.05, 0.1) is 17.7 Å². The molecule has 0 saturated carbocycles. The molecular formula is C15H19N3O3. The van der Waals surface area contributed by atoms with Crippen LogP contribution in [0.2, 0.25) is 0 Å². The van der Waals surface area contributed by atoms with Crippen molar-refractivity contribution in [2.75, 3.05) is 13.2 Å². The molecule has 6 nitrogen and oxygen atoms in total. The summed E-state index contributed by atoms with van der Waals surface area (Å²) in [7, 11) is 0. The molecular weight excluding hydrogens is 270 g/mol. The second-order valence-corrected chi connectivity index (χ2v) is 4.38. The van der Waals surface area contributed by atoms with Gasteiger partial charge in [-0.05, 0) is 18.9 Å². The van der Waals surface area contributed by atoms with Gasteiger partial charge in [0.1, 0.15) is 0 Å². The van der Waals surface area contributed by atoms with E-state index in [4.69, 9.17) is 10.8 Å². The van der Waals surface area contributed by atoms with E-state index in [0.717, 1.165) is 0 Å². The topological polar surface area (TPSA) is 105 Å². The Kier molecular flexibility index (Phi) is 7.54. The number of aliphatic hydroxyl groups is 1. The predicted molar refractivity (Wildman–Crippen MR) is 78.2 cm³/mol. The van der Waals surface area contributed by atoms with E-state index < -0.39 is 0 Å². The zero-order chi connectivity index (χ0) is 15.5. The molecule has 21 heavy (non-hydrogen) atoms. The minimum absolute atomic E-state index is 0.0192. The van der Waals surface area contributed by atoms with Gasteiger partial charge in [0.25, 0.3) is 5.91 Å². The standard InChI is InChI=1S/C15H19N3O3/c16-14(20)6-1-3-8-18-15(21)13-7-9-17-11-12(13)5-2-4-10-19/h7,9,11,19H,1,3-4,6,8,10H2,(H2,16,20)(H,18,21). The quantitative estimate of drug-likeness (QED) is 0.492. The summed E-state index contributed by atoms with van der Waals surface area (Å²) in [6.45, 7) is 0.451. The van der Waals surface area contributed by atoms with Crippen LogP contribution in [-0.4, -0.2) is 35.1 Å². The Morgan fingerprint density at radius 2 is 2.19 bits per heavy atom. The molecule has 0 atom stereocenters. The first-order valence-corrected chi connectivity index (χ1v) is 6.75. The first-order chi connectivity index (χ1) is 10.1. The third-order valence-corrected chi connectivity index (χ3v) is 2.66. The number of pyridine rings is 1. The van der Waals surface area contributed by atoms with Crippen molar-refractivity contribution < 1.29 is 14.7 Å². The van der Waals surface area contributed by atoms with Crippen LogP contribution < -0.4 is 11.1 Å². The van der Waals surface area contributed by atoms with E-state index in [0.29, 0.717) is 43.4 Å². The van der Waals surface area contributed by atoms with Gasteiger partial charge >= 0.3 is 0 Å². The van der Waals surface area contributed by atoms with Gasteiger partial charge in [-0.2, -0.15) is 0 Å². The van der Waals surface area contributed by atoms with Crippen LogP contribution in [0, 0.1) is 11.8 Å². The summed E-state index contributed by atoms with van der Waals surface area (Å²) in [5.41, 5.74) is 6.01. The Hall–Kier alpha value is -2.39. The van der Waals surface area contributed by atoms with Gasteiger partial charge in [0, 0.05) is 31.8 Å². The van der Waals surface area contributed by atoms with Crippen molar-refractivity contribution in [3.63, 3.8) is 0 Å². The van der Waals surface area contributed by atoms with Crippen LogP contribution in [0.4, 0.5) is 0 Å². The second kappa shape index (κ2) is 9.50. The fourth-order valence-electron chi connectivity index (χ4n) is 1.63. The second-order valence-electron chi connectivity index (χ2n) is 4.38. The lowest BCUT2D eigenvalue weighted by molar-refractivity contribution is -0.118. The first-order valence-electron chi connectivity index (χ1n) is 6.75. The van der Waals surface area contributed by atoms with E-state index in [1.807, 2.05) is 0 Å². The largest absolute Gasteiger partial charge is 0.395 e. The van der Waals surface area contributed by atoms with E-state index >= 15 is 0 Å². The number of hydrogen-bond donors (Lipinski definition) is 3. The number of amides is 2. The average Bonchev–Trinajstić information content (AvgIpc) is 2.47. The van der Waals surface area contributed by atoms with Crippen molar-refractivity contribution in [3.8, 4) is 11.8 Å². The molecule has 1 aromatic rings. The highest BCUT2D eigenvalue weighted by Gasteiger charge is 2.09. The lowest BCUT2D eigenvalue weighted by Crippen LogP contribution is -2.25. The number of aliphatic hydroxyl groups excluding tert-OH is 1. The van der Waals surface area contributed by atoms with E-state index in [1.54, 1.807) is 6.07 Å². The molecule has 0 aliphatic heterocycles. The summed E-state index contributed by atoms with van der Waals surface area (Å²) >= 11 is 0. The van der Waals surface area contributed by atoms with Gasteiger partial charge in [-0.15, -0.1) is 0 Å². The lowest BCUT2D eigenvalue weighted by atomic mass is 10.1. The smallest absolute Gasteiger partial charge is 0.252 e. The van der Waals surface area contributed by atoms with Gasteiger partial charge in [-0.25, -0.2) is 0 Å². The van der Waals surface area contributed by atoms with Crippen molar-refractivity contribution in [2.24, 2.45) is 5.73 Å². The average molecular weight is 289 g/mol. The Labute approximate surface area is 123 Å². The van der Waals surface area contributed by atoms with Crippen molar-refractivity contribution in [1.82, 2.24) is 10.3 Å². The van der Waals surface area contributed by atoms with Crippen LogP contribution in [0.3, 0.4) is 0 Å². The first kappa shape index (κ1) is 16.7. The van der Waals surface area contributed by atoms with Crippen LogP contribution in [0.5, 0.6) is 0 Å².